The summed E-state index contributed by atoms with van der Waals surface area (Å²) in [5, 5.41) is 5.06. The first-order chi connectivity index (χ1) is 10.0. The Morgan fingerprint density at radius 2 is 1.71 bits per heavy atom. The zero-order chi connectivity index (χ0) is 15.3. The smallest absolute Gasteiger partial charge is 0.238 e. The fraction of sp³-hybridized carbons (Fsp3) is 0.200. The van der Waals surface area contributed by atoms with Crippen molar-refractivity contribution in [2.45, 2.75) is 17.7 Å². The van der Waals surface area contributed by atoms with Crippen LogP contribution in [0.25, 0.3) is 0 Å². The maximum atomic E-state index is 11.2. The van der Waals surface area contributed by atoms with E-state index in [0.29, 0.717) is 11.6 Å². The van der Waals surface area contributed by atoms with Crippen LogP contribution in [0.3, 0.4) is 0 Å². The third kappa shape index (κ3) is 4.46. The SMILES string of the molecule is NS(=O)(=O)c1ccc(Oc2ccccc2CCCCl)cc1. The largest absolute Gasteiger partial charge is 0.457 e. The third-order valence-electron chi connectivity index (χ3n) is 2.93. The third-order valence-corrected chi connectivity index (χ3v) is 4.13. The lowest BCUT2D eigenvalue weighted by molar-refractivity contribution is 0.475. The van der Waals surface area contributed by atoms with Gasteiger partial charge >= 0.3 is 0 Å². The zero-order valence-corrected chi connectivity index (χ0v) is 12.9. The molecule has 0 aromatic heterocycles. The highest BCUT2D eigenvalue weighted by molar-refractivity contribution is 7.89. The molecule has 0 aliphatic heterocycles. The molecule has 0 saturated carbocycles. The van der Waals surface area contributed by atoms with Crippen molar-refractivity contribution in [3.05, 3.63) is 54.1 Å². The molecule has 112 valence electrons. The standard InChI is InChI=1S/C15H16ClNO3S/c16-11-3-5-12-4-1-2-6-15(12)20-13-7-9-14(10-8-13)21(17,18)19/h1-2,4,6-10H,3,5,11H2,(H2,17,18,19). The van der Waals surface area contributed by atoms with Gasteiger partial charge in [0.05, 0.1) is 4.90 Å². The molecule has 0 fully saturated rings. The number of primary sulfonamides is 1. The Morgan fingerprint density at radius 1 is 1.05 bits per heavy atom. The number of halogens is 1. The lowest BCUT2D eigenvalue weighted by Crippen LogP contribution is -2.11. The molecule has 2 aromatic rings. The number of aryl methyl sites for hydroxylation is 1. The molecule has 21 heavy (non-hydrogen) atoms. The van der Waals surface area contributed by atoms with Crippen molar-refractivity contribution in [2.24, 2.45) is 5.14 Å². The van der Waals surface area contributed by atoms with Crippen LogP contribution in [0.4, 0.5) is 0 Å². The van der Waals surface area contributed by atoms with Crippen LogP contribution in [0.1, 0.15) is 12.0 Å². The van der Waals surface area contributed by atoms with E-state index in [0.717, 1.165) is 24.2 Å². The number of ether oxygens (including phenoxy) is 1. The number of alkyl halides is 1. The normalized spacial score (nSPS) is 11.3. The van der Waals surface area contributed by atoms with E-state index in [1.807, 2.05) is 24.3 Å². The minimum absolute atomic E-state index is 0.0604. The van der Waals surface area contributed by atoms with Crippen molar-refractivity contribution >= 4 is 21.6 Å². The number of para-hydroxylation sites is 1. The van der Waals surface area contributed by atoms with Crippen LogP contribution in [0.15, 0.2) is 53.4 Å². The van der Waals surface area contributed by atoms with Crippen LogP contribution < -0.4 is 9.88 Å². The van der Waals surface area contributed by atoms with Crippen LogP contribution in [0, 0.1) is 0 Å². The van der Waals surface area contributed by atoms with Gasteiger partial charge in [-0.05, 0) is 48.7 Å². The molecule has 0 saturated heterocycles. The summed E-state index contributed by atoms with van der Waals surface area (Å²) in [7, 11) is -3.68. The van der Waals surface area contributed by atoms with E-state index in [-0.39, 0.29) is 4.90 Å². The average Bonchev–Trinajstić information content (AvgIpc) is 2.46. The Kier molecular flexibility index (Phi) is 5.22. The lowest BCUT2D eigenvalue weighted by Gasteiger charge is -2.11. The summed E-state index contributed by atoms with van der Waals surface area (Å²) in [6, 6.07) is 13.7. The highest BCUT2D eigenvalue weighted by Gasteiger charge is 2.08. The summed E-state index contributed by atoms with van der Waals surface area (Å²) in [6.07, 6.45) is 1.70. The average molecular weight is 326 g/mol. The molecule has 0 atom stereocenters. The summed E-state index contributed by atoms with van der Waals surface area (Å²) < 4.78 is 28.2. The van der Waals surface area contributed by atoms with Gasteiger partial charge in [-0.15, -0.1) is 11.6 Å². The molecule has 2 N–H and O–H groups in total. The highest BCUT2D eigenvalue weighted by atomic mass is 35.5. The van der Waals surface area contributed by atoms with Gasteiger partial charge in [0.15, 0.2) is 0 Å². The maximum absolute atomic E-state index is 11.2. The molecule has 0 bridgehead atoms. The van der Waals surface area contributed by atoms with Gasteiger partial charge in [0.1, 0.15) is 11.5 Å². The molecule has 0 aliphatic carbocycles. The molecule has 0 aliphatic rings. The van der Waals surface area contributed by atoms with Gasteiger partial charge < -0.3 is 4.74 Å². The molecule has 0 heterocycles. The first kappa shape index (κ1) is 15.8. The summed E-state index contributed by atoms with van der Waals surface area (Å²) in [4.78, 5) is 0.0604. The van der Waals surface area contributed by atoms with E-state index in [4.69, 9.17) is 21.5 Å². The van der Waals surface area contributed by atoms with Crippen molar-refractivity contribution in [1.82, 2.24) is 0 Å². The molecule has 2 rings (SSSR count). The van der Waals surface area contributed by atoms with E-state index in [9.17, 15) is 8.42 Å². The number of hydrogen-bond donors (Lipinski definition) is 1. The second kappa shape index (κ2) is 6.93. The number of rotatable bonds is 6. The number of benzene rings is 2. The maximum Gasteiger partial charge on any atom is 0.238 e. The van der Waals surface area contributed by atoms with Crippen molar-refractivity contribution in [1.29, 1.82) is 0 Å². The topological polar surface area (TPSA) is 69.4 Å². The minimum atomic E-state index is -3.68. The van der Waals surface area contributed by atoms with Crippen LogP contribution in [-0.4, -0.2) is 14.3 Å². The van der Waals surface area contributed by atoms with Crippen LogP contribution >= 0.6 is 11.6 Å². The Balaban J connectivity index is 2.18. The van der Waals surface area contributed by atoms with Gasteiger partial charge in [0.2, 0.25) is 10.0 Å². The fourth-order valence-electron chi connectivity index (χ4n) is 1.89. The Labute approximate surface area is 129 Å². The molecule has 0 unspecified atom stereocenters. The van der Waals surface area contributed by atoms with E-state index >= 15 is 0 Å². The highest BCUT2D eigenvalue weighted by Crippen LogP contribution is 2.27. The molecular weight excluding hydrogens is 310 g/mol. The second-order valence-electron chi connectivity index (χ2n) is 4.52. The van der Waals surface area contributed by atoms with Crippen LogP contribution in [-0.2, 0) is 16.4 Å². The number of hydrogen-bond acceptors (Lipinski definition) is 3. The first-order valence-electron chi connectivity index (χ1n) is 6.45. The fourth-order valence-corrected chi connectivity index (χ4v) is 2.54. The van der Waals surface area contributed by atoms with Gasteiger partial charge in [0, 0.05) is 5.88 Å². The Bertz CT molecular complexity index is 699. The molecule has 0 spiro atoms. The molecular formula is C15H16ClNO3S. The summed E-state index contributed by atoms with van der Waals surface area (Å²) in [6.45, 7) is 0. The van der Waals surface area contributed by atoms with E-state index in [1.165, 1.54) is 12.1 Å². The Morgan fingerprint density at radius 3 is 2.33 bits per heavy atom. The monoisotopic (exact) mass is 325 g/mol. The predicted molar refractivity (Wildman–Crippen MR) is 83.4 cm³/mol. The van der Waals surface area contributed by atoms with Crippen molar-refractivity contribution in [2.75, 3.05) is 5.88 Å². The molecule has 0 radical (unpaired) electrons. The van der Waals surface area contributed by atoms with Gasteiger partial charge in [-0.1, -0.05) is 18.2 Å². The lowest BCUT2D eigenvalue weighted by atomic mass is 10.1. The summed E-state index contributed by atoms with van der Waals surface area (Å²) >= 11 is 5.71. The van der Waals surface area contributed by atoms with Crippen molar-refractivity contribution in [3.8, 4) is 11.5 Å². The van der Waals surface area contributed by atoms with Crippen molar-refractivity contribution < 1.29 is 13.2 Å². The van der Waals surface area contributed by atoms with E-state index in [1.54, 1.807) is 12.1 Å². The van der Waals surface area contributed by atoms with Gasteiger partial charge in [-0.25, -0.2) is 13.6 Å². The molecule has 4 nitrogen and oxygen atoms in total. The predicted octanol–water partition coefficient (Wildman–Crippen LogP) is 3.30. The number of nitrogens with two attached hydrogens (primary N) is 1. The summed E-state index contributed by atoms with van der Waals surface area (Å²) in [5.41, 5.74) is 1.06. The van der Waals surface area contributed by atoms with Crippen LogP contribution in [0.2, 0.25) is 0 Å². The van der Waals surface area contributed by atoms with Crippen LogP contribution in [0.5, 0.6) is 11.5 Å². The molecule has 6 heteroatoms. The quantitative estimate of drug-likeness (QED) is 0.828. The summed E-state index contributed by atoms with van der Waals surface area (Å²) in [5.74, 6) is 1.89. The van der Waals surface area contributed by atoms with Gasteiger partial charge in [-0.2, -0.15) is 0 Å². The Hall–Kier alpha value is -1.56. The van der Waals surface area contributed by atoms with Gasteiger partial charge in [-0.3, -0.25) is 0 Å². The molecule has 0 amide bonds. The minimum Gasteiger partial charge on any atom is -0.457 e. The van der Waals surface area contributed by atoms with Crippen molar-refractivity contribution in [3.63, 3.8) is 0 Å². The zero-order valence-electron chi connectivity index (χ0n) is 11.3. The van der Waals surface area contributed by atoms with E-state index in [2.05, 4.69) is 0 Å². The molecule has 2 aromatic carbocycles. The van der Waals surface area contributed by atoms with Gasteiger partial charge in [0.25, 0.3) is 0 Å². The number of sulfonamides is 1. The second-order valence-corrected chi connectivity index (χ2v) is 6.46. The first-order valence-corrected chi connectivity index (χ1v) is 8.53. The van der Waals surface area contributed by atoms with E-state index < -0.39 is 10.0 Å².